The molecule has 3 nitrogen and oxygen atoms in total. The first-order valence-electron chi connectivity index (χ1n) is 16.7. The first kappa shape index (κ1) is 47.1. The molecule has 0 amide bonds. The number of carbonyl (C=O) groups excluding carboxylic acids is 1. The van der Waals surface area contributed by atoms with Crippen LogP contribution in [0, 0.1) is 128 Å². The van der Waals surface area contributed by atoms with Crippen molar-refractivity contribution >= 4 is 33.8 Å². The summed E-state index contributed by atoms with van der Waals surface area (Å²) in [6.45, 7) is 0.266. The molecule has 0 radical (unpaired) electrons. The van der Waals surface area contributed by atoms with Crippen molar-refractivity contribution in [2.45, 2.75) is 13.0 Å². The molecule has 6 rings (SSSR count). The van der Waals surface area contributed by atoms with Gasteiger partial charge in [-0.3, -0.25) is 4.79 Å². The van der Waals surface area contributed by atoms with Gasteiger partial charge in [-0.05, 0) is 0 Å². The quantitative estimate of drug-likeness (QED) is 0.0392. The van der Waals surface area contributed by atoms with E-state index in [1.165, 1.54) is 0 Å². The molecular formula is C39H13BF20N2O. The molecule has 0 fully saturated rings. The predicted molar refractivity (Wildman–Crippen MR) is 176 cm³/mol. The molecule has 6 aromatic rings. The second kappa shape index (κ2) is 17.8. The van der Waals surface area contributed by atoms with Crippen LogP contribution in [-0.4, -0.2) is 11.9 Å². The Bertz CT molecular complexity index is 2500. The van der Waals surface area contributed by atoms with Crippen LogP contribution in [-0.2, 0) is 13.0 Å². The standard InChI is InChI=1S/C24BF20.C15H13N2O/c26-5-1(6(27)14(35)21(42)13(5)34)25(2-7(28)15(36)22(43)16(37)8(2)29,3-9(30)17(38)23(44)18(39)10(3)31)4-11(32)19(40)24(45)20(41)12(4)33;16-10-9-14-8-4-5-11-17(14)12-15(18)13-6-2-1-3-7-13/h;1-8,11H,9,12H2/q-1;+1. The smallest absolute Gasteiger partial charge is 0.227 e. The highest BCUT2D eigenvalue weighted by atomic mass is 19.2. The van der Waals surface area contributed by atoms with Crippen LogP contribution >= 0.6 is 0 Å². The predicted octanol–water partition coefficient (Wildman–Crippen LogP) is 7.77. The number of benzene rings is 5. The molecule has 0 N–H and O–H groups in total. The molecule has 328 valence electrons. The number of halogens is 20. The monoisotopic (exact) mass is 916 g/mol. The van der Waals surface area contributed by atoms with Crippen LogP contribution in [0.2, 0.25) is 0 Å². The zero-order valence-electron chi connectivity index (χ0n) is 30.0. The lowest BCUT2D eigenvalue weighted by Crippen LogP contribution is -2.81. The molecule has 24 heteroatoms. The molecule has 0 saturated heterocycles. The minimum absolute atomic E-state index is 0.0472. The Morgan fingerprint density at radius 3 is 0.968 bits per heavy atom. The second-order valence-corrected chi connectivity index (χ2v) is 12.7. The molecule has 5 aromatic carbocycles. The maximum atomic E-state index is 15.4. The Morgan fingerprint density at radius 2 is 0.683 bits per heavy atom. The lowest BCUT2D eigenvalue weighted by molar-refractivity contribution is -0.690. The first-order valence-corrected chi connectivity index (χ1v) is 16.7. The lowest BCUT2D eigenvalue weighted by Gasteiger charge is -2.44. The SMILES string of the molecule is Fc1c(F)c(F)c([B-](c2c(F)c(F)c(F)c(F)c2F)(c2c(F)c(F)c(F)c(F)c2F)c2c(F)c(F)c(F)c(F)c2F)c(F)c1F.N#CCc1cccc[n+]1CC(=O)c1ccccc1. The summed E-state index contributed by atoms with van der Waals surface area (Å²) in [5, 5.41) is 8.75. The molecule has 0 spiro atoms. The summed E-state index contributed by atoms with van der Waals surface area (Å²) < 4.78 is 296. The van der Waals surface area contributed by atoms with Gasteiger partial charge < -0.3 is 0 Å². The van der Waals surface area contributed by atoms with Crippen molar-refractivity contribution in [1.29, 1.82) is 5.26 Å². The molecule has 0 aliphatic heterocycles. The van der Waals surface area contributed by atoms with Crippen molar-refractivity contribution in [3.05, 3.63) is 182 Å². The van der Waals surface area contributed by atoms with Gasteiger partial charge in [-0.1, -0.05) is 36.4 Å². The van der Waals surface area contributed by atoms with E-state index >= 15 is 35.1 Å². The number of nitrogens with zero attached hydrogens (tertiary/aromatic N) is 2. The minimum Gasteiger partial charge on any atom is -0.287 e. The highest BCUT2D eigenvalue weighted by Crippen LogP contribution is 2.30. The number of Topliss-reactive ketones (excluding diaryl/α,β-unsaturated/α-hetero) is 1. The second-order valence-electron chi connectivity index (χ2n) is 12.7. The largest absolute Gasteiger partial charge is 0.287 e. The highest BCUT2D eigenvalue weighted by molar-refractivity contribution is 7.20. The third kappa shape index (κ3) is 7.58. The Kier molecular flexibility index (Phi) is 13.3. The zero-order valence-corrected chi connectivity index (χ0v) is 30.0. The third-order valence-electron chi connectivity index (χ3n) is 9.41. The third-order valence-corrected chi connectivity index (χ3v) is 9.41. The highest BCUT2D eigenvalue weighted by Gasteiger charge is 2.52. The van der Waals surface area contributed by atoms with Gasteiger partial charge in [-0.2, -0.15) is 9.83 Å². The van der Waals surface area contributed by atoms with Gasteiger partial charge in [0.2, 0.25) is 12.3 Å². The molecule has 0 aliphatic rings. The lowest BCUT2D eigenvalue weighted by atomic mass is 9.12. The topological polar surface area (TPSA) is 44.7 Å². The fraction of sp³-hybridized carbons (Fsp3) is 0.0513. The van der Waals surface area contributed by atoms with Gasteiger partial charge >= 0.3 is 0 Å². The summed E-state index contributed by atoms with van der Waals surface area (Å²) in [4.78, 5) is 12.1. The van der Waals surface area contributed by atoms with Crippen LogP contribution < -0.4 is 26.4 Å². The van der Waals surface area contributed by atoms with Gasteiger partial charge in [-0.25, -0.2) is 87.8 Å². The summed E-state index contributed by atoms with van der Waals surface area (Å²) in [6.07, 6.45) is -5.08. The summed E-state index contributed by atoms with van der Waals surface area (Å²) >= 11 is 0. The number of rotatable bonds is 8. The molecule has 63 heavy (non-hydrogen) atoms. The first-order chi connectivity index (χ1) is 29.5. The fourth-order valence-corrected chi connectivity index (χ4v) is 6.65. The molecule has 1 heterocycles. The van der Waals surface area contributed by atoms with Gasteiger partial charge in [0.05, 0.1) is 6.07 Å². The summed E-state index contributed by atoms with van der Waals surface area (Å²) in [6, 6.07) is 16.9. The van der Waals surface area contributed by atoms with Crippen LogP contribution in [0.3, 0.4) is 0 Å². The van der Waals surface area contributed by atoms with E-state index in [-0.39, 0.29) is 12.3 Å². The van der Waals surface area contributed by atoms with Crippen LogP contribution in [0.25, 0.3) is 0 Å². The van der Waals surface area contributed by atoms with Gasteiger partial charge in [0.15, 0.2) is 81.7 Å². The van der Waals surface area contributed by atoms with Gasteiger partial charge in [-0.15, -0.1) is 21.9 Å². The van der Waals surface area contributed by atoms with Crippen LogP contribution in [0.15, 0.2) is 54.7 Å². The fourth-order valence-electron chi connectivity index (χ4n) is 6.65. The van der Waals surface area contributed by atoms with E-state index in [4.69, 9.17) is 5.26 Å². The number of nitriles is 1. The maximum Gasteiger partial charge on any atom is 0.227 e. The van der Waals surface area contributed by atoms with E-state index in [0.717, 1.165) is 5.69 Å². The number of ketones is 1. The van der Waals surface area contributed by atoms with Gasteiger partial charge in [0, 0.05) is 17.7 Å². The molecular weight excluding hydrogens is 903 g/mol. The number of aromatic nitrogens is 1. The number of pyridine rings is 1. The normalized spacial score (nSPS) is 11.3. The van der Waals surface area contributed by atoms with Crippen molar-refractivity contribution in [2.24, 2.45) is 0 Å². The summed E-state index contributed by atoms with van der Waals surface area (Å²) in [5.74, 6) is -71.4. The number of carbonyl (C=O) groups is 1. The maximum absolute atomic E-state index is 15.4. The van der Waals surface area contributed by atoms with E-state index in [9.17, 15) is 57.5 Å². The van der Waals surface area contributed by atoms with Crippen molar-refractivity contribution < 1.29 is 97.2 Å². The Labute approximate surface area is 337 Å². The molecule has 0 atom stereocenters. The van der Waals surface area contributed by atoms with E-state index in [0.29, 0.717) is 12.0 Å². The Hall–Kier alpha value is -6.93. The van der Waals surface area contributed by atoms with Crippen molar-refractivity contribution in [3.63, 3.8) is 0 Å². The van der Waals surface area contributed by atoms with E-state index < -0.39 is 144 Å². The van der Waals surface area contributed by atoms with Gasteiger partial charge in [0.1, 0.15) is 59.1 Å². The average molecular weight is 916 g/mol. The zero-order chi connectivity index (χ0) is 47.2. The van der Waals surface area contributed by atoms with Crippen molar-refractivity contribution in [2.75, 3.05) is 0 Å². The van der Waals surface area contributed by atoms with E-state index in [1.54, 1.807) is 12.1 Å². The molecule has 0 bridgehead atoms. The van der Waals surface area contributed by atoms with Crippen LogP contribution in [0.5, 0.6) is 0 Å². The number of hydrogen-bond acceptors (Lipinski definition) is 2. The molecule has 0 aliphatic carbocycles. The van der Waals surface area contributed by atoms with Crippen LogP contribution in [0.4, 0.5) is 87.8 Å². The molecule has 1 aromatic heterocycles. The van der Waals surface area contributed by atoms with Crippen molar-refractivity contribution in [3.8, 4) is 6.07 Å². The number of hydrogen-bond donors (Lipinski definition) is 0. The van der Waals surface area contributed by atoms with Gasteiger partial charge in [0.25, 0.3) is 0 Å². The van der Waals surface area contributed by atoms with Crippen molar-refractivity contribution in [1.82, 2.24) is 0 Å². The Balaban J connectivity index is 0.000000345. The Morgan fingerprint density at radius 1 is 0.413 bits per heavy atom. The van der Waals surface area contributed by atoms with Crippen LogP contribution in [0.1, 0.15) is 16.1 Å². The minimum atomic E-state index is -7.22. The molecule has 0 unspecified atom stereocenters. The average Bonchev–Trinajstić information content (AvgIpc) is 3.27. The van der Waals surface area contributed by atoms with E-state index in [1.807, 2.05) is 47.2 Å². The molecule has 0 saturated carbocycles. The summed E-state index contributed by atoms with van der Waals surface area (Å²) in [5.41, 5.74) is -12.8. The van der Waals surface area contributed by atoms with E-state index in [2.05, 4.69) is 6.07 Å². The summed E-state index contributed by atoms with van der Waals surface area (Å²) in [7, 11) is 0.